The highest BCUT2D eigenvalue weighted by Crippen LogP contribution is 2.31. The molecule has 0 atom stereocenters. The number of nitrogens with zero attached hydrogens (tertiary/aromatic N) is 1. The molecule has 1 aliphatic rings. The van der Waals surface area contributed by atoms with Gasteiger partial charge in [0.2, 0.25) is 10.0 Å². The summed E-state index contributed by atoms with van der Waals surface area (Å²) < 4.78 is 28.0. The van der Waals surface area contributed by atoms with E-state index >= 15 is 0 Å². The third-order valence-electron chi connectivity index (χ3n) is 4.07. The zero-order valence-corrected chi connectivity index (χ0v) is 16.7. The summed E-state index contributed by atoms with van der Waals surface area (Å²) in [6.07, 6.45) is 0.147. The summed E-state index contributed by atoms with van der Waals surface area (Å²) >= 11 is 8.35. The van der Waals surface area contributed by atoms with E-state index in [0.717, 1.165) is 9.13 Å². The molecule has 0 fully saturated rings. The molecule has 0 N–H and O–H groups in total. The number of Topliss-reactive ketones (excluding diaryl/α,β-unsaturated/α-hetero) is 1. The Labute approximate surface area is 160 Å². The Morgan fingerprint density at radius 1 is 1.12 bits per heavy atom. The number of hydrogen-bond donors (Lipinski definition) is 0. The van der Waals surface area contributed by atoms with Gasteiger partial charge in [-0.25, -0.2) is 8.42 Å². The Morgan fingerprint density at radius 3 is 2.46 bits per heavy atom. The lowest BCUT2D eigenvalue weighted by molar-refractivity contribution is 0.0980. The predicted octanol–water partition coefficient (Wildman–Crippen LogP) is 4.03. The lowest BCUT2D eigenvalue weighted by atomic mass is 10.0. The smallest absolute Gasteiger partial charge is 0.243 e. The van der Waals surface area contributed by atoms with E-state index in [9.17, 15) is 13.2 Å². The van der Waals surface area contributed by atoms with Crippen molar-refractivity contribution < 1.29 is 13.2 Å². The summed E-state index contributed by atoms with van der Waals surface area (Å²) in [7, 11) is -3.68. The molecule has 0 unspecified atom stereocenters. The first-order valence-corrected chi connectivity index (χ1v) is 10.3. The summed E-state index contributed by atoms with van der Waals surface area (Å²) in [5.41, 5.74) is 2.12. The van der Waals surface area contributed by atoms with Gasteiger partial charge in [0, 0.05) is 33.7 Å². The maximum atomic E-state index is 12.9. The number of rotatable bonds is 2. The maximum Gasteiger partial charge on any atom is 0.243 e. The Morgan fingerprint density at radius 2 is 1.79 bits per heavy atom. The second-order valence-electron chi connectivity index (χ2n) is 5.71. The van der Waals surface area contributed by atoms with Crippen LogP contribution in [0.25, 0.3) is 0 Å². The number of carbonyl (C=O) groups is 1. The van der Waals surface area contributed by atoms with Gasteiger partial charge in [-0.1, -0.05) is 29.3 Å². The molecular formula is C17H15ClINO3S. The minimum absolute atomic E-state index is 0.0708. The van der Waals surface area contributed by atoms with Gasteiger partial charge in [-0.2, -0.15) is 4.31 Å². The van der Waals surface area contributed by atoms with E-state index in [1.54, 1.807) is 36.4 Å². The van der Waals surface area contributed by atoms with Gasteiger partial charge >= 0.3 is 0 Å². The van der Waals surface area contributed by atoms with Gasteiger partial charge in [-0.15, -0.1) is 0 Å². The fourth-order valence-corrected chi connectivity index (χ4v) is 5.15. The van der Waals surface area contributed by atoms with Gasteiger partial charge in [0.1, 0.15) is 0 Å². The maximum absolute atomic E-state index is 12.9. The van der Waals surface area contributed by atoms with Gasteiger partial charge < -0.3 is 0 Å². The first-order chi connectivity index (χ1) is 11.3. The van der Waals surface area contributed by atoms with Gasteiger partial charge in [0.25, 0.3) is 0 Å². The van der Waals surface area contributed by atoms with Crippen molar-refractivity contribution in [3.63, 3.8) is 0 Å². The highest BCUT2D eigenvalue weighted by Gasteiger charge is 2.31. The van der Waals surface area contributed by atoms with E-state index in [0.29, 0.717) is 16.1 Å². The molecule has 3 rings (SSSR count). The number of sulfonamides is 1. The minimum atomic E-state index is -3.68. The topological polar surface area (TPSA) is 54.5 Å². The fourth-order valence-electron chi connectivity index (χ4n) is 2.72. The third kappa shape index (κ3) is 3.24. The van der Waals surface area contributed by atoms with Crippen LogP contribution in [0, 0.1) is 10.5 Å². The molecule has 0 bridgehead atoms. The van der Waals surface area contributed by atoms with Crippen molar-refractivity contribution in [2.75, 3.05) is 6.54 Å². The highest BCUT2D eigenvalue weighted by atomic mass is 127. The monoisotopic (exact) mass is 475 g/mol. The van der Waals surface area contributed by atoms with Crippen LogP contribution in [-0.2, 0) is 16.6 Å². The van der Waals surface area contributed by atoms with Crippen molar-refractivity contribution in [2.45, 2.75) is 24.8 Å². The zero-order valence-electron chi connectivity index (χ0n) is 12.9. The Kier molecular flexibility index (Phi) is 5.01. The van der Waals surface area contributed by atoms with E-state index in [2.05, 4.69) is 22.6 Å². The largest absolute Gasteiger partial charge is 0.294 e. The van der Waals surface area contributed by atoms with Crippen LogP contribution in [0.5, 0.6) is 0 Å². The van der Waals surface area contributed by atoms with E-state index in [-0.39, 0.29) is 30.2 Å². The molecule has 2 aromatic rings. The molecule has 0 radical (unpaired) electrons. The van der Waals surface area contributed by atoms with Crippen LogP contribution in [0.15, 0.2) is 41.3 Å². The van der Waals surface area contributed by atoms with E-state index in [4.69, 9.17) is 11.6 Å². The van der Waals surface area contributed by atoms with Gasteiger partial charge in [-0.3, -0.25) is 4.79 Å². The molecule has 1 aliphatic heterocycles. The molecule has 2 aromatic carbocycles. The quantitative estimate of drug-likeness (QED) is 0.616. The summed E-state index contributed by atoms with van der Waals surface area (Å²) in [5.74, 6) is -0.0708. The van der Waals surface area contributed by atoms with Crippen molar-refractivity contribution in [2.24, 2.45) is 0 Å². The summed E-state index contributed by atoms with van der Waals surface area (Å²) in [6, 6.07) is 10.2. The Balaban J connectivity index is 2.06. The van der Waals surface area contributed by atoms with Crippen molar-refractivity contribution in [1.29, 1.82) is 0 Å². The number of halogens is 2. The molecule has 0 aliphatic carbocycles. The Bertz CT molecular complexity index is 910. The lowest BCUT2D eigenvalue weighted by Crippen LogP contribution is -2.31. The van der Waals surface area contributed by atoms with E-state index in [1.165, 1.54) is 4.31 Å². The van der Waals surface area contributed by atoms with Crippen molar-refractivity contribution in [3.8, 4) is 0 Å². The molecule has 7 heteroatoms. The molecule has 0 aromatic heterocycles. The SMILES string of the molecule is Cc1ccc(S(=O)(=O)N2CCC(=O)c3c(I)ccc(Cl)c3C2)cc1. The van der Waals surface area contributed by atoms with Gasteiger partial charge in [-0.05, 0) is 59.3 Å². The number of hydrogen-bond acceptors (Lipinski definition) is 3. The molecule has 0 saturated heterocycles. The second-order valence-corrected chi connectivity index (χ2v) is 9.21. The molecule has 1 heterocycles. The number of carbonyl (C=O) groups excluding carboxylic acids is 1. The van der Waals surface area contributed by atoms with Crippen molar-refractivity contribution >= 4 is 50.0 Å². The minimum Gasteiger partial charge on any atom is -0.294 e. The van der Waals surface area contributed by atoms with E-state index < -0.39 is 10.0 Å². The van der Waals surface area contributed by atoms with Crippen LogP contribution in [-0.4, -0.2) is 25.1 Å². The van der Waals surface area contributed by atoms with E-state index in [1.807, 2.05) is 6.92 Å². The van der Waals surface area contributed by atoms with Gasteiger partial charge in [0.15, 0.2) is 5.78 Å². The van der Waals surface area contributed by atoms with Crippen LogP contribution in [0.1, 0.15) is 27.9 Å². The standard InChI is InChI=1S/C17H15ClINO3S/c1-11-2-4-12(5-3-11)24(22,23)20-9-8-16(21)17-13(10-20)14(18)6-7-15(17)19/h2-7H,8-10H2,1H3. The average molecular weight is 476 g/mol. The third-order valence-corrected chi connectivity index (χ3v) is 7.18. The molecule has 0 spiro atoms. The molecule has 24 heavy (non-hydrogen) atoms. The number of benzene rings is 2. The fraction of sp³-hybridized carbons (Fsp3) is 0.235. The Hall–Kier alpha value is -0.960. The number of ketones is 1. The molecule has 4 nitrogen and oxygen atoms in total. The van der Waals surface area contributed by atoms with Gasteiger partial charge in [0.05, 0.1) is 4.90 Å². The lowest BCUT2D eigenvalue weighted by Gasteiger charge is -2.21. The average Bonchev–Trinajstić information content (AvgIpc) is 2.72. The van der Waals surface area contributed by atoms with Crippen LogP contribution < -0.4 is 0 Å². The summed E-state index contributed by atoms with van der Waals surface area (Å²) in [4.78, 5) is 12.7. The first kappa shape index (κ1) is 17.8. The van der Waals surface area contributed by atoms with Crippen LogP contribution in [0.3, 0.4) is 0 Å². The second kappa shape index (κ2) is 6.74. The molecule has 0 amide bonds. The van der Waals surface area contributed by atoms with Crippen LogP contribution >= 0.6 is 34.2 Å². The van der Waals surface area contributed by atoms with Crippen LogP contribution in [0.2, 0.25) is 5.02 Å². The van der Waals surface area contributed by atoms with Crippen LogP contribution in [0.4, 0.5) is 0 Å². The number of aryl methyl sites for hydroxylation is 1. The summed E-state index contributed by atoms with van der Waals surface area (Å²) in [5, 5.41) is 0.421. The number of fused-ring (bicyclic) bond motifs is 1. The molecular weight excluding hydrogens is 461 g/mol. The predicted molar refractivity (Wildman–Crippen MR) is 102 cm³/mol. The normalized spacial score (nSPS) is 15.9. The molecule has 126 valence electrons. The van der Waals surface area contributed by atoms with Crippen molar-refractivity contribution in [3.05, 3.63) is 61.7 Å². The van der Waals surface area contributed by atoms with Crippen molar-refractivity contribution in [1.82, 2.24) is 4.31 Å². The molecule has 0 saturated carbocycles. The zero-order chi connectivity index (χ0) is 17.5. The summed E-state index contributed by atoms with van der Waals surface area (Å²) in [6.45, 7) is 2.15. The first-order valence-electron chi connectivity index (χ1n) is 7.37. The highest BCUT2D eigenvalue weighted by molar-refractivity contribution is 14.1.